The van der Waals surface area contributed by atoms with Gasteiger partial charge in [0, 0.05) is 51.8 Å². The summed E-state index contributed by atoms with van der Waals surface area (Å²) in [4.78, 5) is 41.4. The SMILES string of the molecule is CCCNC(=O)N1C[C@H](C)[C@H](OC)CN(C)C(=O)c2cc(NC(=O)CC)ccc2OC[C@H]1C. The number of methoxy groups -OCH3 is 1. The fourth-order valence-corrected chi connectivity index (χ4v) is 3.72. The summed E-state index contributed by atoms with van der Waals surface area (Å²) in [5, 5.41) is 5.74. The molecule has 0 unspecified atom stereocenters. The first-order valence-corrected chi connectivity index (χ1v) is 11.6. The van der Waals surface area contributed by atoms with Gasteiger partial charge in [-0.05, 0) is 31.5 Å². The van der Waals surface area contributed by atoms with Gasteiger partial charge in [0.2, 0.25) is 5.91 Å². The van der Waals surface area contributed by atoms with Crippen molar-refractivity contribution in [2.75, 3.05) is 45.7 Å². The Balaban J connectivity index is 2.42. The molecule has 0 spiro atoms. The van der Waals surface area contributed by atoms with Gasteiger partial charge in [0.25, 0.3) is 5.91 Å². The van der Waals surface area contributed by atoms with Crippen LogP contribution in [0.2, 0.25) is 0 Å². The van der Waals surface area contributed by atoms with Crippen LogP contribution in [0.25, 0.3) is 0 Å². The molecule has 1 aliphatic rings. The Morgan fingerprint density at radius 2 is 1.94 bits per heavy atom. The van der Waals surface area contributed by atoms with Crippen LogP contribution < -0.4 is 15.4 Å². The van der Waals surface area contributed by atoms with Gasteiger partial charge in [-0.2, -0.15) is 0 Å². The number of benzene rings is 1. The third kappa shape index (κ3) is 7.08. The standard InChI is InChI=1S/C24H38N4O5/c1-7-11-25-24(31)28-13-16(3)21(32-6)14-27(5)23(30)19-12-18(26-22(29)8-2)9-10-20(19)33-15-17(28)4/h9-10,12,16-17,21H,7-8,11,13-15H2,1-6H3,(H,25,31)(H,26,29)/t16-,17+,21+/m0/s1. The Bertz CT molecular complexity index is 831. The van der Waals surface area contributed by atoms with Gasteiger partial charge in [0.05, 0.1) is 17.7 Å². The van der Waals surface area contributed by atoms with Crippen molar-refractivity contribution in [2.24, 2.45) is 5.92 Å². The Morgan fingerprint density at radius 1 is 1.21 bits per heavy atom. The quantitative estimate of drug-likeness (QED) is 0.701. The van der Waals surface area contributed by atoms with E-state index in [0.29, 0.717) is 43.1 Å². The van der Waals surface area contributed by atoms with Gasteiger partial charge >= 0.3 is 6.03 Å². The summed E-state index contributed by atoms with van der Waals surface area (Å²) in [5.74, 6) is 0.0249. The minimum atomic E-state index is -0.264. The van der Waals surface area contributed by atoms with Crippen LogP contribution in [0.3, 0.4) is 0 Å². The van der Waals surface area contributed by atoms with Gasteiger partial charge in [0.1, 0.15) is 12.4 Å². The molecule has 2 rings (SSSR count). The topological polar surface area (TPSA) is 100 Å². The molecule has 1 heterocycles. The largest absolute Gasteiger partial charge is 0.491 e. The maximum atomic E-state index is 13.3. The van der Waals surface area contributed by atoms with Crippen LogP contribution in [-0.4, -0.2) is 80.2 Å². The summed E-state index contributed by atoms with van der Waals surface area (Å²) in [6.07, 6.45) is 0.916. The monoisotopic (exact) mass is 462 g/mol. The number of hydrogen-bond acceptors (Lipinski definition) is 5. The molecule has 4 amide bonds. The van der Waals surface area contributed by atoms with E-state index in [0.717, 1.165) is 6.42 Å². The lowest BCUT2D eigenvalue weighted by molar-refractivity contribution is -0.115. The number of anilines is 1. The maximum absolute atomic E-state index is 13.3. The Morgan fingerprint density at radius 3 is 2.58 bits per heavy atom. The van der Waals surface area contributed by atoms with E-state index >= 15 is 0 Å². The van der Waals surface area contributed by atoms with Crippen molar-refractivity contribution in [1.82, 2.24) is 15.1 Å². The van der Waals surface area contributed by atoms with E-state index in [1.165, 1.54) is 0 Å². The van der Waals surface area contributed by atoms with Gasteiger partial charge in [-0.3, -0.25) is 9.59 Å². The first kappa shape index (κ1) is 26.4. The molecule has 0 saturated heterocycles. The lowest BCUT2D eigenvalue weighted by atomic mass is 10.0. The number of urea groups is 1. The molecule has 1 aromatic carbocycles. The number of nitrogens with zero attached hydrogens (tertiary/aromatic N) is 2. The van der Waals surface area contributed by atoms with Crippen molar-refractivity contribution in [2.45, 2.75) is 52.7 Å². The zero-order chi connectivity index (χ0) is 24.5. The van der Waals surface area contributed by atoms with Crippen molar-refractivity contribution in [3.8, 4) is 5.75 Å². The predicted octanol–water partition coefficient (Wildman–Crippen LogP) is 2.96. The van der Waals surface area contributed by atoms with E-state index in [9.17, 15) is 14.4 Å². The third-order valence-electron chi connectivity index (χ3n) is 5.84. The second kappa shape index (κ2) is 12.4. The summed E-state index contributed by atoms with van der Waals surface area (Å²) in [6, 6.07) is 4.65. The van der Waals surface area contributed by atoms with Crippen molar-refractivity contribution >= 4 is 23.5 Å². The van der Waals surface area contributed by atoms with E-state index in [4.69, 9.17) is 9.47 Å². The van der Waals surface area contributed by atoms with Crippen LogP contribution in [0.15, 0.2) is 18.2 Å². The minimum absolute atomic E-state index is 0.0193. The number of fused-ring (bicyclic) bond motifs is 1. The molecule has 184 valence electrons. The first-order valence-electron chi connectivity index (χ1n) is 11.6. The Labute approximate surface area is 196 Å². The number of rotatable bonds is 5. The number of likely N-dealkylation sites (N-methyl/N-ethyl adjacent to an activating group) is 1. The molecule has 9 heteroatoms. The predicted molar refractivity (Wildman–Crippen MR) is 128 cm³/mol. The second-order valence-corrected chi connectivity index (χ2v) is 8.59. The van der Waals surface area contributed by atoms with Crippen LogP contribution in [0, 0.1) is 5.92 Å². The molecule has 1 aliphatic heterocycles. The van der Waals surface area contributed by atoms with Crippen molar-refractivity contribution in [3.05, 3.63) is 23.8 Å². The lowest BCUT2D eigenvalue weighted by Gasteiger charge is -2.36. The molecular formula is C24H38N4O5. The van der Waals surface area contributed by atoms with E-state index in [1.54, 1.807) is 49.1 Å². The van der Waals surface area contributed by atoms with Crippen molar-refractivity contribution in [3.63, 3.8) is 0 Å². The molecular weight excluding hydrogens is 424 g/mol. The number of ether oxygens (including phenoxy) is 2. The average Bonchev–Trinajstić information content (AvgIpc) is 2.81. The van der Waals surface area contributed by atoms with Crippen LogP contribution in [-0.2, 0) is 9.53 Å². The highest BCUT2D eigenvalue weighted by molar-refractivity contribution is 5.99. The molecule has 2 N–H and O–H groups in total. The Hall–Kier alpha value is -2.81. The van der Waals surface area contributed by atoms with E-state index in [-0.39, 0.29) is 42.5 Å². The molecule has 0 aromatic heterocycles. The van der Waals surface area contributed by atoms with Crippen LogP contribution in [0.4, 0.5) is 10.5 Å². The van der Waals surface area contributed by atoms with Crippen LogP contribution >= 0.6 is 0 Å². The molecule has 0 radical (unpaired) electrons. The lowest BCUT2D eigenvalue weighted by Crippen LogP contribution is -2.51. The Kier molecular flexibility index (Phi) is 9.96. The smallest absolute Gasteiger partial charge is 0.317 e. The molecule has 33 heavy (non-hydrogen) atoms. The minimum Gasteiger partial charge on any atom is -0.491 e. The van der Waals surface area contributed by atoms with Crippen LogP contribution in [0.5, 0.6) is 5.75 Å². The van der Waals surface area contributed by atoms with Crippen molar-refractivity contribution in [1.29, 1.82) is 0 Å². The maximum Gasteiger partial charge on any atom is 0.317 e. The molecule has 1 aromatic rings. The van der Waals surface area contributed by atoms with E-state index in [2.05, 4.69) is 10.6 Å². The van der Waals surface area contributed by atoms with Gasteiger partial charge in [-0.1, -0.05) is 20.8 Å². The summed E-state index contributed by atoms with van der Waals surface area (Å²) >= 11 is 0. The first-order chi connectivity index (χ1) is 15.7. The summed E-state index contributed by atoms with van der Waals surface area (Å²) < 4.78 is 11.7. The molecule has 0 bridgehead atoms. The normalized spacial score (nSPS) is 21.9. The van der Waals surface area contributed by atoms with E-state index in [1.807, 2.05) is 20.8 Å². The number of amides is 4. The van der Waals surface area contributed by atoms with Crippen molar-refractivity contribution < 1.29 is 23.9 Å². The number of hydrogen-bond donors (Lipinski definition) is 2. The summed E-state index contributed by atoms with van der Waals surface area (Å²) in [7, 11) is 3.33. The highest BCUT2D eigenvalue weighted by Crippen LogP contribution is 2.26. The third-order valence-corrected chi connectivity index (χ3v) is 5.84. The molecule has 0 aliphatic carbocycles. The summed E-state index contributed by atoms with van der Waals surface area (Å²) in [6.45, 7) is 9.34. The summed E-state index contributed by atoms with van der Waals surface area (Å²) in [5.41, 5.74) is 0.881. The second-order valence-electron chi connectivity index (χ2n) is 8.59. The van der Waals surface area contributed by atoms with Gasteiger partial charge < -0.3 is 29.9 Å². The van der Waals surface area contributed by atoms with Gasteiger partial charge in [-0.15, -0.1) is 0 Å². The number of carbonyl (C=O) groups is 3. The number of nitrogens with one attached hydrogen (secondary N) is 2. The van der Waals surface area contributed by atoms with Gasteiger partial charge in [-0.25, -0.2) is 4.79 Å². The molecule has 0 saturated carbocycles. The molecule has 9 nitrogen and oxygen atoms in total. The highest BCUT2D eigenvalue weighted by Gasteiger charge is 2.30. The zero-order valence-corrected chi connectivity index (χ0v) is 20.6. The highest BCUT2D eigenvalue weighted by atomic mass is 16.5. The van der Waals surface area contributed by atoms with E-state index < -0.39 is 0 Å². The average molecular weight is 463 g/mol. The number of carbonyl (C=O) groups excluding carboxylic acids is 3. The van der Waals surface area contributed by atoms with Gasteiger partial charge in [0.15, 0.2) is 0 Å². The fraction of sp³-hybridized carbons (Fsp3) is 0.625. The van der Waals surface area contributed by atoms with Crippen LogP contribution in [0.1, 0.15) is 50.9 Å². The molecule has 0 fully saturated rings. The zero-order valence-electron chi connectivity index (χ0n) is 20.6. The molecule has 3 atom stereocenters. The fourth-order valence-electron chi connectivity index (χ4n) is 3.72.